The average Bonchev–Trinajstić information content (AvgIpc) is 3.97. The van der Waals surface area contributed by atoms with Crippen molar-refractivity contribution in [2.75, 3.05) is 0 Å². The van der Waals surface area contributed by atoms with Gasteiger partial charge in [0.15, 0.2) is 7.14 Å². The first-order chi connectivity index (χ1) is 29.4. The van der Waals surface area contributed by atoms with E-state index in [0.717, 1.165) is 15.9 Å². The van der Waals surface area contributed by atoms with E-state index in [2.05, 4.69) is 196 Å². The maximum Gasteiger partial charge on any atom is 0.171 e. The standard InChI is InChI=1S/C58H39OP/c1-36-24-28-45-41-16-6-10-20-49(41)57(53(45)32-36)51-22-12-8-18-43(51)47-30-26-39(34-55(47)57)60(59,38-14-4-3-5-15-38)40-27-31-48-44-19-9-13-23-52(44)58(56(48)35-40)50-21-11-7-17-42(50)46-29-25-37(2)33-54(46)58/h3-35H,1-2H3. The van der Waals surface area contributed by atoms with Crippen LogP contribution in [0, 0.1) is 13.8 Å². The van der Waals surface area contributed by atoms with Crippen LogP contribution >= 0.6 is 7.14 Å². The molecule has 0 fully saturated rings. The van der Waals surface area contributed by atoms with Gasteiger partial charge in [-0.25, -0.2) is 0 Å². The first-order valence-electron chi connectivity index (χ1n) is 21.0. The van der Waals surface area contributed by atoms with Crippen LogP contribution in [0.3, 0.4) is 0 Å². The molecule has 282 valence electrons. The third-order valence-electron chi connectivity index (χ3n) is 14.3. The summed E-state index contributed by atoms with van der Waals surface area (Å²) in [6.07, 6.45) is 0. The zero-order chi connectivity index (χ0) is 40.0. The fourth-order valence-electron chi connectivity index (χ4n) is 12.0. The SMILES string of the molecule is Cc1ccc2c(c1)C1(c3ccccc3-2)c2ccccc2-c2ccc(P(=O)(c3ccccc3)c3ccc4c(c3)C3(c5ccccc5-c5ccc(C)cc53)c3ccccc3-4)cc21. The van der Waals surface area contributed by atoms with Gasteiger partial charge in [-0.1, -0.05) is 199 Å². The van der Waals surface area contributed by atoms with Crippen LogP contribution in [0.4, 0.5) is 0 Å². The van der Waals surface area contributed by atoms with Crippen LogP contribution in [-0.2, 0) is 15.4 Å². The summed E-state index contributed by atoms with van der Waals surface area (Å²) < 4.78 is 17.1. The van der Waals surface area contributed by atoms with Crippen LogP contribution in [0.25, 0.3) is 44.5 Å². The zero-order valence-corrected chi connectivity index (χ0v) is 34.3. The predicted octanol–water partition coefficient (Wildman–Crippen LogP) is 12.6. The summed E-state index contributed by atoms with van der Waals surface area (Å²) in [6, 6.07) is 73.3. The van der Waals surface area contributed by atoms with Gasteiger partial charge in [-0.3, -0.25) is 0 Å². The smallest absolute Gasteiger partial charge is 0.171 e. The van der Waals surface area contributed by atoms with E-state index in [1.165, 1.54) is 100 Å². The molecule has 1 nitrogen and oxygen atoms in total. The van der Waals surface area contributed by atoms with Crippen LogP contribution < -0.4 is 15.9 Å². The van der Waals surface area contributed by atoms with Crippen molar-refractivity contribution in [2.24, 2.45) is 0 Å². The van der Waals surface area contributed by atoms with Gasteiger partial charge in [0.1, 0.15) is 0 Å². The second kappa shape index (κ2) is 11.9. The fourth-order valence-corrected chi connectivity index (χ4v) is 14.6. The molecular weight excluding hydrogens is 744 g/mol. The molecule has 2 spiro atoms. The van der Waals surface area contributed by atoms with Gasteiger partial charge < -0.3 is 4.57 Å². The van der Waals surface area contributed by atoms with Crippen molar-refractivity contribution in [2.45, 2.75) is 24.7 Å². The first kappa shape index (κ1) is 34.1. The Kier molecular flexibility index (Phi) is 6.77. The molecule has 0 saturated carbocycles. The lowest BCUT2D eigenvalue weighted by molar-refractivity contribution is 0.592. The second-order valence-corrected chi connectivity index (χ2v) is 20.0. The molecule has 2 atom stereocenters. The zero-order valence-electron chi connectivity index (χ0n) is 33.4. The van der Waals surface area contributed by atoms with Crippen LogP contribution in [0.2, 0.25) is 0 Å². The van der Waals surface area contributed by atoms with Gasteiger partial charge in [0, 0.05) is 15.9 Å². The molecule has 0 aromatic heterocycles. The van der Waals surface area contributed by atoms with Gasteiger partial charge in [0.2, 0.25) is 0 Å². The van der Waals surface area contributed by atoms with Crippen LogP contribution in [-0.4, -0.2) is 0 Å². The highest BCUT2D eigenvalue weighted by molar-refractivity contribution is 7.85. The minimum atomic E-state index is -3.50. The quantitative estimate of drug-likeness (QED) is 0.163. The Hall–Kier alpha value is -6.79. The highest BCUT2D eigenvalue weighted by Crippen LogP contribution is 2.65. The van der Waals surface area contributed by atoms with Crippen LogP contribution in [0.5, 0.6) is 0 Å². The summed E-state index contributed by atoms with van der Waals surface area (Å²) in [5, 5.41) is 2.54. The topological polar surface area (TPSA) is 17.1 Å². The number of hydrogen-bond acceptors (Lipinski definition) is 1. The van der Waals surface area contributed by atoms with Crippen LogP contribution in [0.15, 0.2) is 200 Å². The molecule has 0 amide bonds. The molecule has 13 rings (SSSR count). The third kappa shape index (κ3) is 4.02. The number of benzene rings is 9. The molecule has 0 N–H and O–H groups in total. The van der Waals surface area contributed by atoms with Crippen molar-refractivity contribution in [3.63, 3.8) is 0 Å². The van der Waals surface area contributed by atoms with E-state index in [1.807, 2.05) is 18.2 Å². The Morgan fingerprint density at radius 3 is 0.967 bits per heavy atom. The Morgan fingerprint density at radius 1 is 0.283 bits per heavy atom. The van der Waals surface area contributed by atoms with Gasteiger partial charge in [-0.05, 0) is 115 Å². The molecular formula is C58H39OP. The van der Waals surface area contributed by atoms with Gasteiger partial charge in [-0.2, -0.15) is 0 Å². The van der Waals surface area contributed by atoms with Crippen molar-refractivity contribution < 1.29 is 4.57 Å². The normalized spacial score (nSPS) is 18.8. The molecule has 0 bridgehead atoms. The fraction of sp³-hybridized carbons (Fsp3) is 0.0690. The molecule has 0 heterocycles. The lowest BCUT2D eigenvalue weighted by Gasteiger charge is -2.32. The lowest BCUT2D eigenvalue weighted by Crippen LogP contribution is -2.31. The van der Waals surface area contributed by atoms with Crippen molar-refractivity contribution in [3.05, 3.63) is 256 Å². The number of aryl methyl sites for hydroxylation is 2. The third-order valence-corrected chi connectivity index (χ3v) is 17.3. The largest absolute Gasteiger partial charge is 0.309 e. The summed E-state index contributed by atoms with van der Waals surface area (Å²) in [5.74, 6) is 0. The molecule has 0 radical (unpaired) electrons. The van der Waals surface area contributed by atoms with E-state index < -0.39 is 18.0 Å². The minimum Gasteiger partial charge on any atom is -0.309 e. The van der Waals surface area contributed by atoms with Gasteiger partial charge in [0.05, 0.1) is 10.8 Å². The minimum absolute atomic E-state index is 0.542. The summed E-state index contributed by atoms with van der Waals surface area (Å²) in [7, 11) is -3.50. The highest BCUT2D eigenvalue weighted by Gasteiger charge is 2.54. The lowest BCUT2D eigenvalue weighted by atomic mass is 9.70. The monoisotopic (exact) mass is 782 g/mol. The van der Waals surface area contributed by atoms with E-state index in [-0.39, 0.29) is 0 Å². The molecule has 9 aromatic carbocycles. The van der Waals surface area contributed by atoms with Crippen LogP contribution in [0.1, 0.15) is 55.6 Å². The van der Waals surface area contributed by atoms with E-state index in [4.69, 9.17) is 0 Å². The van der Waals surface area contributed by atoms with E-state index in [9.17, 15) is 0 Å². The van der Waals surface area contributed by atoms with E-state index in [1.54, 1.807) is 0 Å². The van der Waals surface area contributed by atoms with Crippen molar-refractivity contribution in [1.29, 1.82) is 0 Å². The molecule has 4 aliphatic carbocycles. The summed E-state index contributed by atoms with van der Waals surface area (Å²) in [6.45, 7) is 4.39. The maximum atomic E-state index is 17.1. The molecule has 4 aliphatic rings. The average molecular weight is 783 g/mol. The molecule has 9 aromatic rings. The van der Waals surface area contributed by atoms with Crippen molar-refractivity contribution >= 4 is 23.1 Å². The molecule has 0 saturated heterocycles. The van der Waals surface area contributed by atoms with Crippen molar-refractivity contribution in [3.8, 4) is 44.5 Å². The van der Waals surface area contributed by atoms with Gasteiger partial charge >= 0.3 is 0 Å². The number of rotatable bonds is 3. The molecule has 0 aliphatic heterocycles. The Bertz CT molecular complexity index is 3160. The van der Waals surface area contributed by atoms with Gasteiger partial charge in [0.25, 0.3) is 0 Å². The molecule has 2 heteroatoms. The van der Waals surface area contributed by atoms with E-state index in [0.29, 0.717) is 0 Å². The predicted molar refractivity (Wildman–Crippen MR) is 248 cm³/mol. The summed E-state index contributed by atoms with van der Waals surface area (Å²) in [5.41, 5.74) is 21.5. The second-order valence-electron chi connectivity index (χ2n) is 17.2. The number of hydrogen-bond donors (Lipinski definition) is 0. The summed E-state index contributed by atoms with van der Waals surface area (Å²) in [4.78, 5) is 0. The summed E-state index contributed by atoms with van der Waals surface area (Å²) >= 11 is 0. The number of fused-ring (bicyclic) bond motifs is 20. The Morgan fingerprint density at radius 2 is 0.583 bits per heavy atom. The van der Waals surface area contributed by atoms with Crippen molar-refractivity contribution in [1.82, 2.24) is 0 Å². The maximum absolute atomic E-state index is 17.1. The first-order valence-corrected chi connectivity index (χ1v) is 22.7. The Labute approximate surface area is 351 Å². The molecule has 60 heavy (non-hydrogen) atoms. The molecule has 2 unspecified atom stereocenters. The Balaban J connectivity index is 1.11. The van der Waals surface area contributed by atoms with Gasteiger partial charge in [-0.15, -0.1) is 0 Å². The highest BCUT2D eigenvalue weighted by atomic mass is 31.2. The van der Waals surface area contributed by atoms with E-state index >= 15 is 4.57 Å².